The molecule has 0 aromatic carbocycles. The normalized spacial score (nSPS) is 17.8. The van der Waals surface area contributed by atoms with E-state index in [1.165, 1.54) is 0 Å². The molecular formula is C16H16BrN5O2. The first-order valence-corrected chi connectivity index (χ1v) is 8.72. The number of carbonyl (C=O) groups excluding carboxylic acids is 1. The number of carbonyl (C=O) groups is 1. The zero-order valence-electron chi connectivity index (χ0n) is 13.1. The third kappa shape index (κ3) is 2.50. The van der Waals surface area contributed by atoms with Crippen molar-refractivity contribution in [2.75, 3.05) is 6.54 Å². The molecule has 0 aliphatic carbocycles. The van der Waals surface area contributed by atoms with E-state index in [1.807, 2.05) is 17.9 Å². The van der Waals surface area contributed by atoms with Crippen LogP contribution in [0.15, 0.2) is 33.7 Å². The van der Waals surface area contributed by atoms with Gasteiger partial charge in [0.05, 0.1) is 22.4 Å². The Bertz CT molecular complexity index is 903. The lowest BCUT2D eigenvalue weighted by atomic mass is 10.1. The minimum atomic E-state index is -0.0734. The second kappa shape index (κ2) is 6.01. The van der Waals surface area contributed by atoms with Crippen molar-refractivity contribution >= 4 is 27.5 Å². The summed E-state index contributed by atoms with van der Waals surface area (Å²) in [5.41, 5.74) is 1.97. The average molecular weight is 390 g/mol. The molecule has 0 saturated carbocycles. The Labute approximate surface area is 146 Å². The van der Waals surface area contributed by atoms with Crippen molar-refractivity contribution in [1.29, 1.82) is 0 Å². The summed E-state index contributed by atoms with van der Waals surface area (Å²) in [6.07, 6.45) is 7.66. The molecule has 1 unspecified atom stereocenters. The van der Waals surface area contributed by atoms with Gasteiger partial charge in [0.1, 0.15) is 5.56 Å². The van der Waals surface area contributed by atoms with E-state index < -0.39 is 0 Å². The zero-order valence-corrected chi connectivity index (χ0v) is 14.7. The third-order valence-corrected chi connectivity index (χ3v) is 4.75. The summed E-state index contributed by atoms with van der Waals surface area (Å²) in [6, 6.07) is 1.87. The van der Waals surface area contributed by atoms with Crippen LogP contribution in [0.3, 0.4) is 0 Å². The molecule has 1 saturated heterocycles. The van der Waals surface area contributed by atoms with Crippen LogP contribution in [0.4, 0.5) is 0 Å². The van der Waals surface area contributed by atoms with Crippen LogP contribution in [-0.2, 0) is 6.42 Å². The molecule has 1 fully saturated rings. The Hall–Kier alpha value is -2.22. The summed E-state index contributed by atoms with van der Waals surface area (Å²) in [6.45, 7) is 2.72. The number of nitrogens with zero attached hydrogens (tertiary/aromatic N) is 5. The first kappa shape index (κ1) is 15.3. The molecule has 124 valence electrons. The molecule has 4 rings (SSSR count). The molecule has 0 bridgehead atoms. The third-order valence-electron chi connectivity index (χ3n) is 4.34. The van der Waals surface area contributed by atoms with E-state index in [0.29, 0.717) is 17.8 Å². The maximum absolute atomic E-state index is 13.0. The summed E-state index contributed by atoms with van der Waals surface area (Å²) in [7, 11) is 0. The van der Waals surface area contributed by atoms with E-state index in [0.717, 1.165) is 35.2 Å². The minimum Gasteiger partial charge on any atom is -0.359 e. The predicted molar refractivity (Wildman–Crippen MR) is 89.6 cm³/mol. The monoisotopic (exact) mass is 389 g/mol. The highest BCUT2D eigenvalue weighted by Crippen LogP contribution is 2.34. The number of aryl methyl sites for hydroxylation is 1. The van der Waals surface area contributed by atoms with E-state index in [9.17, 15) is 4.79 Å². The summed E-state index contributed by atoms with van der Waals surface area (Å²) in [5.74, 6) is 0.682. The molecule has 8 heteroatoms. The lowest BCUT2D eigenvalue weighted by Gasteiger charge is -2.22. The standard InChI is InChI=1S/C16H16BrN5O2/c1-2-11-6-14(24-20-11)13-4-3-5-21(13)16(23)12-8-19-22-9-10(17)7-18-15(12)22/h6-9,13H,2-5H2,1H3. The van der Waals surface area contributed by atoms with E-state index in [1.54, 1.807) is 23.1 Å². The number of amides is 1. The second-order valence-electron chi connectivity index (χ2n) is 5.83. The van der Waals surface area contributed by atoms with Gasteiger partial charge in [0.2, 0.25) is 0 Å². The highest BCUT2D eigenvalue weighted by Gasteiger charge is 2.34. The predicted octanol–water partition coefficient (Wildman–Crippen LogP) is 3.02. The molecule has 0 radical (unpaired) electrons. The number of hydrogen-bond acceptors (Lipinski definition) is 5. The molecule has 7 nitrogen and oxygen atoms in total. The number of aromatic nitrogens is 4. The topological polar surface area (TPSA) is 76.5 Å². The summed E-state index contributed by atoms with van der Waals surface area (Å²) in [4.78, 5) is 19.2. The quantitative estimate of drug-likeness (QED) is 0.687. The van der Waals surface area contributed by atoms with Crippen LogP contribution in [0.25, 0.3) is 5.65 Å². The molecule has 1 aliphatic rings. The van der Waals surface area contributed by atoms with Crippen molar-refractivity contribution in [3.63, 3.8) is 0 Å². The lowest BCUT2D eigenvalue weighted by molar-refractivity contribution is 0.0716. The fourth-order valence-electron chi connectivity index (χ4n) is 3.11. The Morgan fingerprint density at radius 2 is 2.33 bits per heavy atom. The Kier molecular flexibility index (Phi) is 3.84. The maximum Gasteiger partial charge on any atom is 0.259 e. The van der Waals surface area contributed by atoms with Gasteiger partial charge in [0, 0.05) is 25.0 Å². The second-order valence-corrected chi connectivity index (χ2v) is 6.75. The Morgan fingerprint density at radius 1 is 1.46 bits per heavy atom. The van der Waals surface area contributed by atoms with Crippen molar-refractivity contribution < 1.29 is 9.32 Å². The van der Waals surface area contributed by atoms with E-state index in [2.05, 4.69) is 31.2 Å². The van der Waals surface area contributed by atoms with Crippen LogP contribution in [0, 0.1) is 0 Å². The van der Waals surface area contributed by atoms with Gasteiger partial charge < -0.3 is 9.42 Å². The molecule has 3 aromatic rings. The molecule has 3 aromatic heterocycles. The highest BCUT2D eigenvalue weighted by atomic mass is 79.9. The number of hydrogen-bond donors (Lipinski definition) is 0. The van der Waals surface area contributed by atoms with Gasteiger partial charge >= 0.3 is 0 Å². The minimum absolute atomic E-state index is 0.0724. The van der Waals surface area contributed by atoms with Crippen molar-refractivity contribution in [3.05, 3.63) is 46.1 Å². The van der Waals surface area contributed by atoms with Gasteiger partial charge in [-0.2, -0.15) is 5.10 Å². The smallest absolute Gasteiger partial charge is 0.259 e. The number of rotatable bonds is 3. The van der Waals surface area contributed by atoms with Gasteiger partial charge in [0.15, 0.2) is 11.4 Å². The SMILES string of the molecule is CCc1cc(C2CCCN2C(=O)c2cnn3cc(Br)cnc23)on1. The zero-order chi connectivity index (χ0) is 16.7. The van der Waals surface area contributed by atoms with Crippen LogP contribution in [0.1, 0.15) is 47.6 Å². The largest absolute Gasteiger partial charge is 0.359 e. The van der Waals surface area contributed by atoms with Crippen LogP contribution in [0.2, 0.25) is 0 Å². The fourth-order valence-corrected chi connectivity index (χ4v) is 3.41. The Morgan fingerprint density at radius 3 is 3.12 bits per heavy atom. The molecule has 1 atom stereocenters. The van der Waals surface area contributed by atoms with Gasteiger partial charge in [-0.05, 0) is 35.2 Å². The number of fused-ring (bicyclic) bond motifs is 1. The van der Waals surface area contributed by atoms with Gasteiger partial charge in [-0.3, -0.25) is 4.79 Å². The number of halogens is 1. The molecule has 1 aliphatic heterocycles. The first-order valence-electron chi connectivity index (χ1n) is 7.92. The molecule has 1 amide bonds. The molecule has 0 N–H and O–H groups in total. The molecule has 4 heterocycles. The highest BCUT2D eigenvalue weighted by molar-refractivity contribution is 9.10. The lowest BCUT2D eigenvalue weighted by Crippen LogP contribution is -2.30. The Balaban J connectivity index is 1.67. The summed E-state index contributed by atoms with van der Waals surface area (Å²) in [5, 5.41) is 8.28. The maximum atomic E-state index is 13.0. The molecular weight excluding hydrogens is 374 g/mol. The van der Waals surface area contributed by atoms with Crippen molar-refractivity contribution in [2.45, 2.75) is 32.2 Å². The van der Waals surface area contributed by atoms with Gasteiger partial charge in [-0.15, -0.1) is 0 Å². The van der Waals surface area contributed by atoms with Crippen molar-refractivity contribution in [3.8, 4) is 0 Å². The van der Waals surface area contributed by atoms with Gasteiger partial charge in [-0.1, -0.05) is 12.1 Å². The average Bonchev–Trinajstić information content (AvgIpc) is 3.31. The van der Waals surface area contributed by atoms with Gasteiger partial charge in [-0.25, -0.2) is 9.50 Å². The molecule has 0 spiro atoms. The van der Waals surface area contributed by atoms with Crippen LogP contribution >= 0.6 is 15.9 Å². The van der Waals surface area contributed by atoms with Crippen LogP contribution in [0.5, 0.6) is 0 Å². The summed E-state index contributed by atoms with van der Waals surface area (Å²) < 4.78 is 7.87. The van der Waals surface area contributed by atoms with Crippen molar-refractivity contribution in [1.82, 2.24) is 24.7 Å². The van der Waals surface area contributed by atoms with Crippen molar-refractivity contribution in [2.24, 2.45) is 0 Å². The van der Waals surface area contributed by atoms with Crippen LogP contribution < -0.4 is 0 Å². The van der Waals surface area contributed by atoms with Crippen LogP contribution in [-0.4, -0.2) is 37.1 Å². The summed E-state index contributed by atoms with van der Waals surface area (Å²) >= 11 is 3.36. The van der Waals surface area contributed by atoms with E-state index >= 15 is 0 Å². The number of likely N-dealkylation sites (tertiary alicyclic amines) is 1. The fraction of sp³-hybridized carbons (Fsp3) is 0.375. The molecule has 24 heavy (non-hydrogen) atoms. The van der Waals surface area contributed by atoms with E-state index in [-0.39, 0.29) is 11.9 Å². The van der Waals surface area contributed by atoms with E-state index in [4.69, 9.17) is 4.52 Å². The first-order chi connectivity index (χ1) is 11.7. The van der Waals surface area contributed by atoms with Gasteiger partial charge in [0.25, 0.3) is 5.91 Å².